The number of fused-ring (bicyclic) bond motifs is 1. The summed E-state index contributed by atoms with van der Waals surface area (Å²) in [5.74, 6) is 4.16. The van der Waals surface area contributed by atoms with Crippen molar-refractivity contribution in [3.63, 3.8) is 0 Å². The Labute approximate surface area is 224 Å². The Morgan fingerprint density at radius 3 is 2.58 bits per heavy atom. The first-order chi connectivity index (χ1) is 18.3. The molecule has 2 aromatic rings. The molecule has 2 atom stereocenters. The van der Waals surface area contributed by atoms with Crippen LogP contribution in [0.3, 0.4) is 0 Å². The summed E-state index contributed by atoms with van der Waals surface area (Å²) in [6.07, 6.45) is 7.57. The van der Waals surface area contributed by atoms with Gasteiger partial charge < -0.3 is 24.4 Å². The number of carbonyl (C=O) groups excluding carboxylic acids is 1. The first-order valence-corrected chi connectivity index (χ1v) is 14.4. The Morgan fingerprint density at radius 1 is 1.13 bits per heavy atom. The molecule has 0 radical (unpaired) electrons. The van der Waals surface area contributed by atoms with E-state index in [1.165, 1.54) is 44.9 Å². The van der Waals surface area contributed by atoms with Crippen LogP contribution in [0.4, 0.5) is 16.6 Å². The van der Waals surface area contributed by atoms with E-state index in [-0.39, 0.29) is 11.6 Å². The first-order valence-electron chi connectivity index (χ1n) is 14.4. The molecular formula is C27H42N8O3. The Bertz CT molecular complexity index is 1170. The average molecular weight is 527 g/mol. The van der Waals surface area contributed by atoms with Crippen LogP contribution < -0.4 is 21.0 Å². The molecule has 38 heavy (non-hydrogen) atoms. The van der Waals surface area contributed by atoms with Crippen LogP contribution in [0.1, 0.15) is 84.6 Å². The highest BCUT2D eigenvalue weighted by Gasteiger charge is 2.37. The first kappa shape index (κ1) is 25.6. The van der Waals surface area contributed by atoms with E-state index >= 15 is 0 Å². The van der Waals surface area contributed by atoms with Gasteiger partial charge in [0.15, 0.2) is 23.5 Å². The van der Waals surface area contributed by atoms with Crippen molar-refractivity contribution in [3.05, 3.63) is 5.82 Å². The lowest BCUT2D eigenvalue weighted by Gasteiger charge is -2.43. The largest absolute Gasteiger partial charge is 0.427 e. The molecule has 4 aliphatic rings. The van der Waals surface area contributed by atoms with Crippen molar-refractivity contribution in [2.75, 3.05) is 30.0 Å². The number of hydrogen-bond donors (Lipinski definition) is 3. The van der Waals surface area contributed by atoms with Crippen LogP contribution >= 0.6 is 0 Å². The van der Waals surface area contributed by atoms with Crippen LogP contribution in [0.25, 0.3) is 11.2 Å². The number of amides is 1. The van der Waals surface area contributed by atoms with Gasteiger partial charge in [0.25, 0.3) is 0 Å². The molecule has 2 aliphatic heterocycles. The molecule has 208 valence electrons. The summed E-state index contributed by atoms with van der Waals surface area (Å²) in [7, 11) is 0. The van der Waals surface area contributed by atoms with Gasteiger partial charge in [0.1, 0.15) is 5.52 Å². The van der Waals surface area contributed by atoms with E-state index < -0.39 is 12.3 Å². The molecule has 2 saturated carbocycles. The number of imidazole rings is 1. The van der Waals surface area contributed by atoms with Crippen LogP contribution in [0, 0.1) is 17.8 Å². The molecule has 0 bridgehead atoms. The summed E-state index contributed by atoms with van der Waals surface area (Å²) < 4.78 is 8.22. The van der Waals surface area contributed by atoms with Gasteiger partial charge in [-0.05, 0) is 64.2 Å². The molecule has 0 aromatic carbocycles. The van der Waals surface area contributed by atoms with Gasteiger partial charge in [-0.1, -0.05) is 26.2 Å². The second kappa shape index (κ2) is 10.1. The van der Waals surface area contributed by atoms with Gasteiger partial charge in [0, 0.05) is 19.1 Å². The minimum Gasteiger partial charge on any atom is -0.377 e. The molecule has 11 heteroatoms. The van der Waals surface area contributed by atoms with Crippen molar-refractivity contribution in [2.45, 2.75) is 96.9 Å². The minimum absolute atomic E-state index is 0.198. The number of nitrogens with one attached hydrogen (secondary N) is 3. The zero-order valence-corrected chi connectivity index (χ0v) is 23.1. The minimum atomic E-state index is -0.625. The van der Waals surface area contributed by atoms with Gasteiger partial charge in [-0.25, -0.2) is 14.8 Å². The molecule has 1 amide bonds. The third-order valence-electron chi connectivity index (χ3n) is 9.07. The predicted octanol–water partition coefficient (Wildman–Crippen LogP) is 4.11. The van der Waals surface area contributed by atoms with Crippen molar-refractivity contribution in [1.29, 1.82) is 0 Å². The molecule has 11 nitrogen and oxygen atoms in total. The molecular weight excluding hydrogens is 484 g/mol. The normalized spacial score (nSPS) is 28.6. The van der Waals surface area contributed by atoms with Crippen LogP contribution in [0.2, 0.25) is 0 Å². The summed E-state index contributed by atoms with van der Waals surface area (Å²) in [6.45, 7) is 12.0. The van der Waals surface area contributed by atoms with E-state index in [1.807, 2.05) is 0 Å². The van der Waals surface area contributed by atoms with Crippen LogP contribution in [-0.2, 0) is 16.1 Å². The maximum absolute atomic E-state index is 11.8. The topological polar surface area (TPSA) is 118 Å². The number of hydrogen-bond acceptors (Lipinski definition) is 9. The Hall–Kier alpha value is -2.66. The molecule has 6 rings (SSSR count). The summed E-state index contributed by atoms with van der Waals surface area (Å²) in [5, 5.41) is 6.49. The van der Waals surface area contributed by atoms with Crippen LogP contribution in [0.5, 0.6) is 0 Å². The monoisotopic (exact) mass is 526 g/mol. The Balaban J connectivity index is 1.46. The standard InChI is InChI=1S/C27H42N8O3/c1-16-8-10-18(11-9-16)14-34-20-21(28-17(2)19-6-5-7-19)29-23(24-32-26(36)38-33-24)30-22(20)31-25(34)35-12-13-37-15-27(35,3)4/h16-19,24,33H,5-15H2,1-4H3,(H,32,36)(H,28,29,30)/t16?,17-,18?,24?/m1/s1. The molecule has 2 aliphatic carbocycles. The quantitative estimate of drug-likeness (QED) is 0.490. The Morgan fingerprint density at radius 2 is 1.92 bits per heavy atom. The van der Waals surface area contributed by atoms with Crippen molar-refractivity contribution >= 4 is 29.0 Å². The zero-order chi connectivity index (χ0) is 26.4. The summed E-state index contributed by atoms with van der Waals surface area (Å²) in [6, 6.07) is 0.277. The summed E-state index contributed by atoms with van der Waals surface area (Å²) in [5.41, 5.74) is 4.09. The summed E-state index contributed by atoms with van der Waals surface area (Å²) >= 11 is 0. The Kier molecular flexibility index (Phi) is 6.84. The SMILES string of the molecule is CC1CCC(Cn2c(N3CCOCC3(C)C)nc3nc(C4NOC(=O)N4)nc(N[C@H](C)C4CCC4)c32)CC1. The zero-order valence-electron chi connectivity index (χ0n) is 23.1. The molecule has 4 heterocycles. The third kappa shape index (κ3) is 4.90. The lowest BCUT2D eigenvalue weighted by Crippen LogP contribution is -2.54. The number of anilines is 2. The molecule has 2 aromatic heterocycles. The van der Waals surface area contributed by atoms with E-state index in [0.29, 0.717) is 36.5 Å². The number of hydroxylamine groups is 1. The average Bonchev–Trinajstić information content (AvgIpc) is 3.43. The van der Waals surface area contributed by atoms with Gasteiger partial charge in [-0.3, -0.25) is 5.32 Å². The molecule has 2 saturated heterocycles. The number of nitrogens with zero attached hydrogens (tertiary/aromatic N) is 5. The number of ether oxygens (including phenoxy) is 1. The lowest BCUT2D eigenvalue weighted by atomic mass is 9.80. The molecule has 0 spiro atoms. The highest BCUT2D eigenvalue weighted by molar-refractivity contribution is 5.86. The second-order valence-corrected chi connectivity index (χ2v) is 12.5. The number of carbonyl (C=O) groups is 1. The lowest BCUT2D eigenvalue weighted by molar-refractivity contribution is 0.0628. The molecule has 4 fully saturated rings. The fourth-order valence-corrected chi connectivity index (χ4v) is 6.33. The van der Waals surface area contributed by atoms with Gasteiger partial charge in [0.2, 0.25) is 5.95 Å². The number of morpholine rings is 1. The highest BCUT2D eigenvalue weighted by Crippen LogP contribution is 2.38. The van der Waals surface area contributed by atoms with E-state index in [2.05, 4.69) is 53.3 Å². The van der Waals surface area contributed by atoms with E-state index in [4.69, 9.17) is 24.5 Å². The van der Waals surface area contributed by atoms with Gasteiger partial charge in [0.05, 0.1) is 18.8 Å². The highest BCUT2D eigenvalue weighted by atomic mass is 16.7. The predicted molar refractivity (Wildman–Crippen MR) is 145 cm³/mol. The second-order valence-electron chi connectivity index (χ2n) is 12.5. The maximum Gasteiger partial charge on any atom is 0.427 e. The maximum atomic E-state index is 11.8. The third-order valence-corrected chi connectivity index (χ3v) is 9.07. The molecule has 3 N–H and O–H groups in total. The van der Waals surface area contributed by atoms with E-state index in [0.717, 1.165) is 36.3 Å². The smallest absolute Gasteiger partial charge is 0.377 e. The van der Waals surface area contributed by atoms with Crippen molar-refractivity contribution in [2.24, 2.45) is 17.8 Å². The van der Waals surface area contributed by atoms with Crippen molar-refractivity contribution < 1.29 is 14.4 Å². The van der Waals surface area contributed by atoms with Gasteiger partial charge in [-0.15, -0.1) is 5.48 Å². The van der Waals surface area contributed by atoms with Crippen LogP contribution in [-0.4, -0.2) is 57.0 Å². The number of aromatic nitrogens is 4. The van der Waals surface area contributed by atoms with Crippen molar-refractivity contribution in [1.82, 2.24) is 30.3 Å². The van der Waals surface area contributed by atoms with Crippen molar-refractivity contribution in [3.8, 4) is 0 Å². The van der Waals surface area contributed by atoms with E-state index in [9.17, 15) is 4.79 Å². The van der Waals surface area contributed by atoms with Gasteiger partial charge >= 0.3 is 6.09 Å². The number of rotatable bonds is 7. The van der Waals surface area contributed by atoms with Gasteiger partial charge in [-0.2, -0.15) is 4.98 Å². The fraction of sp³-hybridized carbons (Fsp3) is 0.778. The fourth-order valence-electron chi connectivity index (χ4n) is 6.33. The summed E-state index contributed by atoms with van der Waals surface area (Å²) in [4.78, 5) is 34.1. The molecule has 1 unspecified atom stereocenters. The van der Waals surface area contributed by atoms with Crippen LogP contribution in [0.15, 0.2) is 0 Å². The van der Waals surface area contributed by atoms with E-state index in [1.54, 1.807) is 0 Å².